The van der Waals surface area contributed by atoms with Crippen LogP contribution in [0.4, 0.5) is 17.5 Å². The lowest BCUT2D eigenvalue weighted by molar-refractivity contribution is 0.122. The Labute approximate surface area is 128 Å². The van der Waals surface area contributed by atoms with E-state index in [0.717, 1.165) is 32.1 Å². The van der Waals surface area contributed by atoms with Gasteiger partial charge >= 0.3 is 0 Å². The molecule has 2 aromatic heterocycles. The van der Waals surface area contributed by atoms with E-state index in [9.17, 15) is 0 Å². The largest absolute Gasteiger partial charge is 0.384 e. The molecule has 0 atom stereocenters. The van der Waals surface area contributed by atoms with Gasteiger partial charge in [0.1, 0.15) is 22.6 Å². The minimum atomic E-state index is 0.435. The van der Waals surface area contributed by atoms with Gasteiger partial charge in [0.2, 0.25) is 0 Å². The summed E-state index contributed by atoms with van der Waals surface area (Å²) in [4.78, 5) is 10.1. The second-order valence-corrected chi connectivity index (χ2v) is 4.79. The third kappa shape index (κ3) is 5.09. The summed E-state index contributed by atoms with van der Waals surface area (Å²) in [6, 6.07) is 10.8. The van der Waals surface area contributed by atoms with E-state index in [0.29, 0.717) is 16.8 Å². The average Bonchev–Trinajstić information content (AvgIpc) is 2.49. The highest BCUT2D eigenvalue weighted by Crippen LogP contribution is 2.13. The number of morpholine rings is 1. The maximum atomic E-state index is 5.60. The van der Waals surface area contributed by atoms with Gasteiger partial charge in [-0.3, -0.25) is 0 Å². The monoisotopic (exact) mass is 307 g/mol. The van der Waals surface area contributed by atoms with Gasteiger partial charge in [-0.1, -0.05) is 23.7 Å². The first-order chi connectivity index (χ1) is 10.1. The van der Waals surface area contributed by atoms with Crippen molar-refractivity contribution in [1.29, 1.82) is 0 Å². The molecule has 7 heteroatoms. The number of pyridine rings is 2. The highest BCUT2D eigenvalue weighted by Gasteiger charge is 2.11. The molecule has 1 saturated heterocycles. The fraction of sp³-hybridized carbons (Fsp3) is 0.286. The molecule has 3 rings (SSSR count). The lowest BCUT2D eigenvalue weighted by Gasteiger charge is -2.27. The number of ether oxygens (including phenoxy) is 1. The Morgan fingerprint density at radius 2 is 1.57 bits per heavy atom. The van der Waals surface area contributed by atoms with Crippen molar-refractivity contribution < 1.29 is 4.74 Å². The van der Waals surface area contributed by atoms with Crippen LogP contribution in [-0.4, -0.2) is 36.3 Å². The number of halogens is 1. The maximum Gasteiger partial charge on any atom is 0.131 e. The van der Waals surface area contributed by atoms with E-state index in [1.807, 2.05) is 12.1 Å². The van der Waals surface area contributed by atoms with Crippen LogP contribution in [0.5, 0.6) is 0 Å². The second-order valence-electron chi connectivity index (χ2n) is 4.41. The third-order valence-corrected chi connectivity index (χ3v) is 3.04. The summed E-state index contributed by atoms with van der Waals surface area (Å²) >= 11 is 5.45. The van der Waals surface area contributed by atoms with Gasteiger partial charge in [-0.05, 0) is 24.3 Å². The van der Waals surface area contributed by atoms with Crippen molar-refractivity contribution in [3.05, 3.63) is 41.6 Å². The normalized spacial score (nSPS) is 14.2. The molecule has 0 spiro atoms. The van der Waals surface area contributed by atoms with Crippen LogP contribution < -0.4 is 16.4 Å². The lowest BCUT2D eigenvalue weighted by Crippen LogP contribution is -2.36. The van der Waals surface area contributed by atoms with Crippen molar-refractivity contribution in [2.75, 3.05) is 42.7 Å². The number of hydrogen-bond acceptors (Lipinski definition) is 6. The van der Waals surface area contributed by atoms with Crippen molar-refractivity contribution in [3.8, 4) is 0 Å². The van der Waals surface area contributed by atoms with Crippen LogP contribution in [0.25, 0.3) is 0 Å². The Morgan fingerprint density at radius 1 is 0.952 bits per heavy atom. The van der Waals surface area contributed by atoms with Crippen molar-refractivity contribution in [3.63, 3.8) is 0 Å². The lowest BCUT2D eigenvalue weighted by atomic mass is 10.3. The molecule has 1 fully saturated rings. The van der Waals surface area contributed by atoms with Gasteiger partial charge in [-0.15, -0.1) is 0 Å². The molecule has 0 saturated carbocycles. The summed E-state index contributed by atoms with van der Waals surface area (Å²) < 4.78 is 5.25. The van der Waals surface area contributed by atoms with Crippen LogP contribution in [0.3, 0.4) is 0 Å². The van der Waals surface area contributed by atoms with E-state index in [4.69, 9.17) is 27.8 Å². The minimum Gasteiger partial charge on any atom is -0.384 e. The maximum absolute atomic E-state index is 5.60. The molecule has 3 heterocycles. The first-order valence-corrected chi connectivity index (χ1v) is 6.96. The van der Waals surface area contributed by atoms with Gasteiger partial charge < -0.3 is 21.1 Å². The summed E-state index contributed by atoms with van der Waals surface area (Å²) in [5.41, 5.74) is 10.9. The predicted molar refractivity (Wildman–Crippen MR) is 85.3 cm³/mol. The molecular formula is C14H18ClN5O. The molecule has 1 aliphatic heterocycles. The fourth-order valence-electron chi connectivity index (χ4n) is 1.83. The Hall–Kier alpha value is -2.05. The van der Waals surface area contributed by atoms with Crippen LogP contribution in [0.15, 0.2) is 36.4 Å². The minimum absolute atomic E-state index is 0.435. The smallest absolute Gasteiger partial charge is 0.131 e. The Morgan fingerprint density at radius 3 is 2.10 bits per heavy atom. The molecule has 0 amide bonds. The zero-order valence-corrected chi connectivity index (χ0v) is 12.3. The summed E-state index contributed by atoms with van der Waals surface area (Å²) in [6.07, 6.45) is 0. The molecular weight excluding hydrogens is 290 g/mol. The van der Waals surface area contributed by atoms with E-state index in [-0.39, 0.29) is 0 Å². The summed E-state index contributed by atoms with van der Waals surface area (Å²) in [6.45, 7) is 3.35. The number of anilines is 3. The molecule has 21 heavy (non-hydrogen) atoms. The van der Waals surface area contributed by atoms with Gasteiger partial charge in [-0.2, -0.15) is 0 Å². The molecule has 0 bridgehead atoms. The molecule has 0 aromatic carbocycles. The van der Waals surface area contributed by atoms with Gasteiger partial charge in [-0.25, -0.2) is 9.97 Å². The predicted octanol–water partition coefficient (Wildman–Crippen LogP) is 1.82. The fourth-order valence-corrected chi connectivity index (χ4v) is 2.00. The van der Waals surface area contributed by atoms with Crippen LogP contribution in [0.1, 0.15) is 0 Å². The first kappa shape index (κ1) is 15.3. The van der Waals surface area contributed by atoms with E-state index < -0.39 is 0 Å². The molecule has 4 N–H and O–H groups in total. The van der Waals surface area contributed by atoms with Gasteiger partial charge in [0, 0.05) is 13.1 Å². The third-order valence-electron chi connectivity index (χ3n) is 2.83. The Kier molecular flexibility index (Phi) is 5.59. The van der Waals surface area contributed by atoms with Crippen molar-refractivity contribution in [2.24, 2.45) is 0 Å². The highest BCUT2D eigenvalue weighted by atomic mass is 35.5. The zero-order valence-electron chi connectivity index (χ0n) is 11.6. The summed E-state index contributed by atoms with van der Waals surface area (Å²) in [7, 11) is 0. The van der Waals surface area contributed by atoms with E-state index in [2.05, 4.69) is 14.9 Å². The SMILES string of the molecule is Nc1cccc(Cl)n1.Nc1cccc(N2CCOCC2)n1. The quantitative estimate of drug-likeness (QED) is 0.781. The molecule has 1 aliphatic rings. The standard InChI is InChI=1S/C9H13N3O.C5H5ClN2/c10-8-2-1-3-9(11-8)12-4-6-13-7-5-12;6-4-2-1-3-5(7)8-4/h1-3H,4-7H2,(H2,10,11);1-3H,(H2,7,8). The molecule has 2 aromatic rings. The molecule has 0 aliphatic carbocycles. The number of rotatable bonds is 1. The van der Waals surface area contributed by atoms with Gasteiger partial charge in [0.05, 0.1) is 13.2 Å². The van der Waals surface area contributed by atoms with Crippen molar-refractivity contribution in [2.45, 2.75) is 0 Å². The average molecular weight is 308 g/mol. The highest BCUT2D eigenvalue weighted by molar-refractivity contribution is 6.29. The van der Waals surface area contributed by atoms with Gasteiger partial charge in [0.15, 0.2) is 0 Å². The number of hydrogen-bond donors (Lipinski definition) is 2. The van der Waals surface area contributed by atoms with E-state index in [1.165, 1.54) is 0 Å². The van der Waals surface area contributed by atoms with Gasteiger partial charge in [0.25, 0.3) is 0 Å². The molecule has 0 radical (unpaired) electrons. The second kappa shape index (κ2) is 7.66. The van der Waals surface area contributed by atoms with Crippen LogP contribution in [0, 0.1) is 0 Å². The number of aromatic nitrogens is 2. The van der Waals surface area contributed by atoms with E-state index in [1.54, 1.807) is 24.3 Å². The summed E-state index contributed by atoms with van der Waals surface area (Å²) in [5.74, 6) is 1.98. The molecule has 6 nitrogen and oxygen atoms in total. The Bertz CT molecular complexity index is 558. The van der Waals surface area contributed by atoms with Crippen LogP contribution in [-0.2, 0) is 4.74 Å². The summed E-state index contributed by atoms with van der Waals surface area (Å²) in [5, 5.41) is 0.435. The van der Waals surface area contributed by atoms with Crippen molar-refractivity contribution in [1.82, 2.24) is 9.97 Å². The van der Waals surface area contributed by atoms with Crippen LogP contribution >= 0.6 is 11.6 Å². The number of nitrogens with two attached hydrogens (primary N) is 2. The first-order valence-electron chi connectivity index (χ1n) is 6.58. The van der Waals surface area contributed by atoms with Crippen molar-refractivity contribution >= 4 is 29.1 Å². The molecule has 112 valence electrons. The van der Waals surface area contributed by atoms with Crippen LogP contribution in [0.2, 0.25) is 5.15 Å². The van der Waals surface area contributed by atoms with E-state index >= 15 is 0 Å². The number of nitrogens with zero attached hydrogens (tertiary/aromatic N) is 3. The molecule has 0 unspecified atom stereocenters. The zero-order chi connectivity index (χ0) is 15.1. The Balaban J connectivity index is 0.000000173. The number of nitrogen functional groups attached to an aromatic ring is 2. The topological polar surface area (TPSA) is 90.3 Å².